The number of carbonyl (C=O) groups is 8. The lowest BCUT2D eigenvalue weighted by Gasteiger charge is -2.42. The molecule has 6 amide bonds. The van der Waals surface area contributed by atoms with E-state index < -0.39 is 88.7 Å². The predicted molar refractivity (Wildman–Crippen MR) is 239 cm³/mol. The van der Waals surface area contributed by atoms with Crippen molar-refractivity contribution in [2.45, 2.75) is 29.3 Å². The molecule has 0 aromatic heterocycles. The van der Waals surface area contributed by atoms with Gasteiger partial charge in [-0.1, -0.05) is 82.3 Å². The number of fused-ring (bicyclic) bond motifs is 2. The van der Waals surface area contributed by atoms with E-state index in [-0.39, 0.29) is 68.7 Å². The van der Waals surface area contributed by atoms with Crippen LogP contribution in [-0.4, -0.2) is 136 Å². The molecule has 8 rings (SSSR count). The monoisotopic (exact) mass is 942 g/mol. The fourth-order valence-corrected chi connectivity index (χ4v) is 13.7. The predicted octanol–water partition coefficient (Wildman–Crippen LogP) is 5.20. The Morgan fingerprint density at radius 3 is 1.39 bits per heavy atom. The number of imide groups is 2. The number of phenolic OH excluding ortho intramolecular Hbond substituents is 2. The standard InChI is InChI=1S/C44H38N4O12S4/c49-32-15-7-5-13-28(32)39-47(30(19-61-39)41(56)57)34(51)17-18-63-64-23-44(21-45-35(52)24-9-1-2-10-25(24)36(45)53,22-46-37(54)26-11-3-4-12-27(26)38(46)55)43(60)48-31(42(58)59)20-62-40(48)29-14-6-8-16-33(29)50/h1-16,30-31,39-40,49-50H,17-23H2,(H,56,57)(H,58,59)/t30-,31-,39?,40?/m0/s1. The molecular formula is C44H38N4O12S4. The van der Waals surface area contributed by atoms with Crippen LogP contribution in [0, 0.1) is 5.41 Å². The lowest BCUT2D eigenvalue weighted by molar-refractivity contribution is -0.154. The zero-order valence-corrected chi connectivity index (χ0v) is 36.7. The normalized spacial score (nSPS) is 20.6. The van der Waals surface area contributed by atoms with E-state index in [0.717, 1.165) is 48.0 Å². The Balaban J connectivity index is 1.15. The lowest BCUT2D eigenvalue weighted by Crippen LogP contribution is -2.60. The van der Waals surface area contributed by atoms with E-state index in [2.05, 4.69) is 0 Å². The molecule has 4 aromatic rings. The molecular weight excluding hydrogens is 905 g/mol. The lowest BCUT2D eigenvalue weighted by atomic mass is 9.85. The fraction of sp³-hybridized carbons (Fsp3) is 0.273. The summed E-state index contributed by atoms with van der Waals surface area (Å²) in [5, 5.41) is 40.3. The average molecular weight is 943 g/mol. The molecule has 2 unspecified atom stereocenters. The maximum Gasteiger partial charge on any atom is 0.327 e. The van der Waals surface area contributed by atoms with E-state index in [9.17, 15) is 54.0 Å². The van der Waals surface area contributed by atoms with Crippen molar-refractivity contribution >= 4 is 92.5 Å². The number of phenols is 2. The van der Waals surface area contributed by atoms with Crippen LogP contribution in [0.1, 0.15) is 69.7 Å². The molecule has 16 nitrogen and oxygen atoms in total. The number of carboxylic acid groups (broad SMARTS) is 2. The molecule has 4 atom stereocenters. The Morgan fingerprint density at radius 1 is 0.578 bits per heavy atom. The highest BCUT2D eigenvalue weighted by Crippen LogP contribution is 2.49. The number of aliphatic carboxylic acids is 2. The van der Waals surface area contributed by atoms with E-state index in [0.29, 0.717) is 5.56 Å². The minimum absolute atomic E-state index is 0.0482. The zero-order chi connectivity index (χ0) is 45.4. The molecule has 4 aliphatic heterocycles. The van der Waals surface area contributed by atoms with Gasteiger partial charge in [-0.05, 0) is 36.4 Å². The van der Waals surface area contributed by atoms with Gasteiger partial charge in [0.05, 0.1) is 27.7 Å². The van der Waals surface area contributed by atoms with Gasteiger partial charge in [-0.3, -0.25) is 38.6 Å². The summed E-state index contributed by atoms with van der Waals surface area (Å²) in [6, 6.07) is 21.8. The molecule has 0 bridgehead atoms. The summed E-state index contributed by atoms with van der Waals surface area (Å²) >= 11 is 2.27. The molecule has 4 heterocycles. The van der Waals surface area contributed by atoms with Crippen LogP contribution in [-0.2, 0) is 19.2 Å². The second-order valence-corrected chi connectivity index (χ2v) is 20.1. The third kappa shape index (κ3) is 8.07. The van der Waals surface area contributed by atoms with Gasteiger partial charge in [-0.25, -0.2) is 9.59 Å². The van der Waals surface area contributed by atoms with Crippen LogP contribution in [0.3, 0.4) is 0 Å². The van der Waals surface area contributed by atoms with Gasteiger partial charge in [0.1, 0.15) is 34.3 Å². The van der Waals surface area contributed by atoms with Gasteiger partial charge in [-0.2, -0.15) is 0 Å². The Bertz CT molecular complexity index is 2460. The largest absolute Gasteiger partial charge is 0.508 e. The number of carboxylic acids is 2. The first-order valence-electron chi connectivity index (χ1n) is 19.8. The number of rotatable bonds is 15. The number of para-hydroxylation sites is 2. The molecule has 4 aliphatic rings. The first-order chi connectivity index (χ1) is 30.7. The Morgan fingerprint density at radius 2 is 0.969 bits per heavy atom. The molecule has 0 spiro atoms. The van der Waals surface area contributed by atoms with Gasteiger partial charge in [0.15, 0.2) is 0 Å². The number of nitrogens with zero attached hydrogens (tertiary/aromatic N) is 4. The Kier molecular flexibility index (Phi) is 12.7. The van der Waals surface area contributed by atoms with Gasteiger partial charge in [0.25, 0.3) is 23.6 Å². The molecule has 4 N–H and O–H groups in total. The molecule has 330 valence electrons. The first kappa shape index (κ1) is 44.6. The van der Waals surface area contributed by atoms with Gasteiger partial charge in [0, 0.05) is 53.6 Å². The van der Waals surface area contributed by atoms with Crippen LogP contribution >= 0.6 is 45.1 Å². The SMILES string of the molecule is O=C(O)[C@@H]1CSC(c2ccccc2O)N1C(=O)CCSSCC(CN1C(=O)c2ccccc2C1=O)(CN1C(=O)c2ccccc2C1=O)C(=O)N1C(c2ccccc2O)SC[C@H]1C(=O)O. The quantitative estimate of drug-likeness (QED) is 0.0682. The summed E-state index contributed by atoms with van der Waals surface area (Å²) in [5.41, 5.74) is -1.28. The van der Waals surface area contributed by atoms with Crippen LogP contribution in [0.2, 0.25) is 0 Å². The highest BCUT2D eigenvalue weighted by Gasteiger charge is 2.56. The fourth-order valence-electron chi connectivity index (χ4n) is 8.27. The maximum atomic E-state index is 15.8. The molecule has 20 heteroatoms. The molecule has 2 saturated heterocycles. The Labute approximate surface area is 381 Å². The molecule has 0 radical (unpaired) electrons. The van der Waals surface area contributed by atoms with Gasteiger partial charge >= 0.3 is 11.9 Å². The van der Waals surface area contributed by atoms with E-state index in [4.69, 9.17) is 0 Å². The van der Waals surface area contributed by atoms with Gasteiger partial charge < -0.3 is 30.2 Å². The van der Waals surface area contributed by atoms with Crippen molar-refractivity contribution in [3.05, 3.63) is 130 Å². The summed E-state index contributed by atoms with van der Waals surface area (Å²) in [7, 11) is 2.12. The van der Waals surface area contributed by atoms with Crippen molar-refractivity contribution in [1.29, 1.82) is 0 Å². The van der Waals surface area contributed by atoms with Gasteiger partial charge in [0.2, 0.25) is 11.8 Å². The first-order valence-corrected chi connectivity index (χ1v) is 24.4. The topological polar surface area (TPSA) is 230 Å². The highest BCUT2D eigenvalue weighted by molar-refractivity contribution is 8.76. The van der Waals surface area contributed by atoms with Crippen molar-refractivity contribution in [1.82, 2.24) is 19.6 Å². The summed E-state index contributed by atoms with van der Waals surface area (Å²) in [6.45, 7) is -1.40. The van der Waals surface area contributed by atoms with E-state index in [1.54, 1.807) is 54.6 Å². The zero-order valence-electron chi connectivity index (χ0n) is 33.5. The summed E-state index contributed by atoms with van der Waals surface area (Å²) in [4.78, 5) is 115. The summed E-state index contributed by atoms with van der Waals surface area (Å²) in [5.74, 6) is -7.69. The highest BCUT2D eigenvalue weighted by atomic mass is 33.1. The van der Waals surface area contributed by atoms with Crippen molar-refractivity contribution in [3.8, 4) is 11.5 Å². The smallest absolute Gasteiger partial charge is 0.327 e. The Hall–Kier alpha value is -5.96. The van der Waals surface area contributed by atoms with Crippen LogP contribution < -0.4 is 0 Å². The molecule has 64 heavy (non-hydrogen) atoms. The van der Waals surface area contributed by atoms with Crippen molar-refractivity contribution in [2.75, 3.05) is 36.1 Å². The van der Waals surface area contributed by atoms with E-state index >= 15 is 4.79 Å². The van der Waals surface area contributed by atoms with E-state index in [1.165, 1.54) is 59.1 Å². The van der Waals surface area contributed by atoms with Crippen LogP contribution in [0.15, 0.2) is 97.1 Å². The molecule has 4 aromatic carbocycles. The number of hydrogen-bond donors (Lipinski definition) is 4. The number of benzene rings is 4. The minimum atomic E-state index is -2.10. The van der Waals surface area contributed by atoms with Crippen LogP contribution in [0.4, 0.5) is 0 Å². The van der Waals surface area contributed by atoms with Crippen molar-refractivity contribution in [2.24, 2.45) is 5.41 Å². The second-order valence-electron chi connectivity index (χ2n) is 15.3. The third-order valence-electron chi connectivity index (χ3n) is 11.4. The van der Waals surface area contributed by atoms with Crippen molar-refractivity contribution in [3.63, 3.8) is 0 Å². The van der Waals surface area contributed by atoms with Gasteiger partial charge in [-0.15, -0.1) is 23.5 Å². The number of carbonyl (C=O) groups excluding carboxylic acids is 6. The molecule has 0 aliphatic carbocycles. The summed E-state index contributed by atoms with van der Waals surface area (Å²) in [6.07, 6.45) is -0.191. The maximum absolute atomic E-state index is 15.8. The minimum Gasteiger partial charge on any atom is -0.508 e. The number of aromatic hydroxyl groups is 2. The molecule has 0 saturated carbocycles. The average Bonchev–Trinajstić information content (AvgIpc) is 4.04. The van der Waals surface area contributed by atoms with Crippen LogP contribution in [0.25, 0.3) is 0 Å². The second kappa shape index (κ2) is 18.3. The van der Waals surface area contributed by atoms with Crippen LogP contribution in [0.5, 0.6) is 11.5 Å². The molecule has 2 fully saturated rings. The number of amides is 6. The number of hydrogen-bond acceptors (Lipinski definition) is 14. The van der Waals surface area contributed by atoms with E-state index in [1.807, 2.05) is 0 Å². The van der Waals surface area contributed by atoms with Crippen molar-refractivity contribution < 1.29 is 58.8 Å². The number of thioether (sulfide) groups is 2. The summed E-state index contributed by atoms with van der Waals surface area (Å²) < 4.78 is 0. The third-order valence-corrected chi connectivity index (χ3v) is 16.6.